The van der Waals surface area contributed by atoms with E-state index in [2.05, 4.69) is 0 Å². The van der Waals surface area contributed by atoms with E-state index in [9.17, 15) is 4.79 Å². The standard InChI is InChI=1S/C13H26N2O3/c1-10(9-17-2)6-13(16)15-5-4-12(18-3)7-11(15)8-14/h10-12H,4-9,14H2,1-3H3. The van der Waals surface area contributed by atoms with Gasteiger partial charge in [-0.1, -0.05) is 6.92 Å². The Morgan fingerprint density at radius 3 is 2.78 bits per heavy atom. The zero-order chi connectivity index (χ0) is 13.5. The zero-order valence-electron chi connectivity index (χ0n) is 11.7. The maximum absolute atomic E-state index is 12.2. The first-order chi connectivity index (χ1) is 8.62. The van der Waals surface area contributed by atoms with Gasteiger partial charge >= 0.3 is 0 Å². The molecule has 0 bridgehead atoms. The minimum absolute atomic E-state index is 0.117. The predicted octanol–water partition coefficient (Wildman–Crippen LogP) is 0.624. The molecular weight excluding hydrogens is 232 g/mol. The van der Waals surface area contributed by atoms with Crippen LogP contribution in [0.2, 0.25) is 0 Å². The van der Waals surface area contributed by atoms with E-state index in [1.54, 1.807) is 14.2 Å². The number of carbonyl (C=O) groups is 1. The molecule has 1 amide bonds. The van der Waals surface area contributed by atoms with Crippen molar-refractivity contribution in [2.45, 2.75) is 38.3 Å². The summed E-state index contributed by atoms with van der Waals surface area (Å²) >= 11 is 0. The van der Waals surface area contributed by atoms with Crippen LogP contribution in [0.5, 0.6) is 0 Å². The minimum atomic E-state index is 0.117. The molecule has 0 aromatic rings. The lowest BCUT2D eigenvalue weighted by molar-refractivity contribution is -0.138. The molecule has 1 heterocycles. The van der Waals surface area contributed by atoms with Crippen LogP contribution in [0.1, 0.15) is 26.2 Å². The van der Waals surface area contributed by atoms with Crippen LogP contribution in [0, 0.1) is 5.92 Å². The van der Waals surface area contributed by atoms with Crippen LogP contribution < -0.4 is 5.73 Å². The van der Waals surface area contributed by atoms with Crippen LogP contribution >= 0.6 is 0 Å². The number of rotatable bonds is 6. The highest BCUT2D eigenvalue weighted by Crippen LogP contribution is 2.21. The molecule has 106 valence electrons. The van der Waals surface area contributed by atoms with Crippen molar-refractivity contribution in [1.82, 2.24) is 4.90 Å². The van der Waals surface area contributed by atoms with Crippen molar-refractivity contribution in [1.29, 1.82) is 0 Å². The average Bonchev–Trinajstić information content (AvgIpc) is 2.38. The number of amides is 1. The largest absolute Gasteiger partial charge is 0.384 e. The molecule has 0 aromatic heterocycles. The fraction of sp³-hybridized carbons (Fsp3) is 0.923. The lowest BCUT2D eigenvalue weighted by atomic mass is 9.97. The van der Waals surface area contributed by atoms with Gasteiger partial charge in [-0.15, -0.1) is 0 Å². The first-order valence-electron chi connectivity index (χ1n) is 6.63. The molecule has 0 radical (unpaired) electrons. The van der Waals surface area contributed by atoms with E-state index in [4.69, 9.17) is 15.2 Å². The first kappa shape index (κ1) is 15.4. The van der Waals surface area contributed by atoms with Crippen molar-refractivity contribution < 1.29 is 14.3 Å². The Morgan fingerprint density at radius 1 is 1.50 bits per heavy atom. The van der Waals surface area contributed by atoms with Gasteiger partial charge < -0.3 is 20.1 Å². The van der Waals surface area contributed by atoms with Crippen LogP contribution in [-0.4, -0.2) is 56.9 Å². The molecule has 1 fully saturated rings. The van der Waals surface area contributed by atoms with Gasteiger partial charge in [0.15, 0.2) is 0 Å². The van der Waals surface area contributed by atoms with E-state index < -0.39 is 0 Å². The molecule has 0 aromatic carbocycles. The number of carbonyl (C=O) groups excluding carboxylic acids is 1. The Labute approximate surface area is 110 Å². The normalized spacial score (nSPS) is 26.1. The Kier molecular flexibility index (Phi) is 6.60. The Bertz CT molecular complexity index is 261. The Morgan fingerprint density at radius 2 is 2.22 bits per heavy atom. The number of methoxy groups -OCH3 is 2. The first-order valence-corrected chi connectivity index (χ1v) is 6.63. The number of hydrogen-bond acceptors (Lipinski definition) is 4. The van der Waals surface area contributed by atoms with E-state index >= 15 is 0 Å². The van der Waals surface area contributed by atoms with Gasteiger partial charge in [-0.25, -0.2) is 0 Å². The topological polar surface area (TPSA) is 64.8 Å². The van der Waals surface area contributed by atoms with Crippen molar-refractivity contribution in [2.75, 3.05) is 33.9 Å². The predicted molar refractivity (Wildman–Crippen MR) is 70.2 cm³/mol. The fourth-order valence-electron chi connectivity index (χ4n) is 2.54. The van der Waals surface area contributed by atoms with Gasteiger partial charge in [0.1, 0.15) is 0 Å². The number of piperidine rings is 1. The van der Waals surface area contributed by atoms with Crippen molar-refractivity contribution >= 4 is 5.91 Å². The smallest absolute Gasteiger partial charge is 0.223 e. The molecule has 3 unspecified atom stereocenters. The van der Waals surface area contributed by atoms with Gasteiger partial charge in [-0.05, 0) is 18.8 Å². The maximum Gasteiger partial charge on any atom is 0.223 e. The molecule has 1 saturated heterocycles. The third kappa shape index (κ3) is 4.23. The van der Waals surface area contributed by atoms with Crippen LogP contribution in [0.25, 0.3) is 0 Å². The van der Waals surface area contributed by atoms with Crippen molar-refractivity contribution in [3.8, 4) is 0 Å². The number of nitrogens with two attached hydrogens (primary N) is 1. The fourth-order valence-corrected chi connectivity index (χ4v) is 2.54. The second-order valence-electron chi connectivity index (χ2n) is 5.12. The highest BCUT2D eigenvalue weighted by molar-refractivity contribution is 5.77. The molecule has 5 heteroatoms. The molecule has 0 aliphatic carbocycles. The molecular formula is C13H26N2O3. The maximum atomic E-state index is 12.2. The lowest BCUT2D eigenvalue weighted by Crippen LogP contribution is -2.51. The summed E-state index contributed by atoms with van der Waals surface area (Å²) in [5, 5.41) is 0. The van der Waals surface area contributed by atoms with Gasteiger partial charge in [0.25, 0.3) is 0 Å². The number of hydrogen-bond donors (Lipinski definition) is 1. The Hall–Kier alpha value is -0.650. The summed E-state index contributed by atoms with van der Waals surface area (Å²) in [6.07, 6.45) is 2.51. The monoisotopic (exact) mass is 258 g/mol. The number of ether oxygens (including phenoxy) is 2. The summed E-state index contributed by atoms with van der Waals surface area (Å²) in [6.45, 7) is 3.90. The van der Waals surface area contributed by atoms with E-state index in [1.807, 2.05) is 11.8 Å². The van der Waals surface area contributed by atoms with Gasteiger partial charge in [0.05, 0.1) is 6.10 Å². The van der Waals surface area contributed by atoms with E-state index in [-0.39, 0.29) is 24.0 Å². The van der Waals surface area contributed by atoms with Gasteiger partial charge in [0.2, 0.25) is 5.91 Å². The number of likely N-dealkylation sites (tertiary alicyclic amines) is 1. The quantitative estimate of drug-likeness (QED) is 0.758. The molecule has 18 heavy (non-hydrogen) atoms. The minimum Gasteiger partial charge on any atom is -0.384 e. The summed E-state index contributed by atoms with van der Waals surface area (Å²) in [6, 6.07) is 0.117. The summed E-state index contributed by atoms with van der Waals surface area (Å²) in [5.41, 5.74) is 5.76. The third-order valence-electron chi connectivity index (χ3n) is 3.57. The average molecular weight is 258 g/mol. The van der Waals surface area contributed by atoms with E-state index in [0.717, 1.165) is 19.4 Å². The third-order valence-corrected chi connectivity index (χ3v) is 3.57. The van der Waals surface area contributed by atoms with Gasteiger partial charge in [0, 0.05) is 46.4 Å². The highest BCUT2D eigenvalue weighted by atomic mass is 16.5. The molecule has 1 aliphatic heterocycles. The second-order valence-corrected chi connectivity index (χ2v) is 5.12. The van der Waals surface area contributed by atoms with Gasteiger partial charge in [-0.3, -0.25) is 4.79 Å². The SMILES string of the molecule is COCC(C)CC(=O)N1CCC(OC)CC1CN. The summed E-state index contributed by atoms with van der Waals surface area (Å²) in [7, 11) is 3.38. The van der Waals surface area contributed by atoms with Gasteiger partial charge in [-0.2, -0.15) is 0 Å². The van der Waals surface area contributed by atoms with E-state index in [0.29, 0.717) is 19.6 Å². The highest BCUT2D eigenvalue weighted by Gasteiger charge is 2.31. The van der Waals surface area contributed by atoms with Crippen molar-refractivity contribution in [3.05, 3.63) is 0 Å². The summed E-state index contributed by atoms with van der Waals surface area (Å²) in [5.74, 6) is 0.436. The molecule has 1 rings (SSSR count). The van der Waals surface area contributed by atoms with Crippen LogP contribution in [-0.2, 0) is 14.3 Å². The van der Waals surface area contributed by atoms with Crippen LogP contribution in [0.15, 0.2) is 0 Å². The number of nitrogens with zero attached hydrogens (tertiary/aromatic N) is 1. The van der Waals surface area contributed by atoms with Crippen LogP contribution in [0.3, 0.4) is 0 Å². The van der Waals surface area contributed by atoms with E-state index in [1.165, 1.54) is 0 Å². The molecule has 5 nitrogen and oxygen atoms in total. The molecule has 0 saturated carbocycles. The molecule has 2 N–H and O–H groups in total. The molecule has 3 atom stereocenters. The Balaban J connectivity index is 2.50. The summed E-state index contributed by atoms with van der Waals surface area (Å²) in [4.78, 5) is 14.1. The lowest BCUT2D eigenvalue weighted by Gasteiger charge is -2.39. The van der Waals surface area contributed by atoms with Crippen molar-refractivity contribution in [2.24, 2.45) is 11.7 Å². The van der Waals surface area contributed by atoms with Crippen LogP contribution in [0.4, 0.5) is 0 Å². The zero-order valence-corrected chi connectivity index (χ0v) is 11.7. The molecule has 1 aliphatic rings. The summed E-state index contributed by atoms with van der Waals surface area (Å²) < 4.78 is 10.4. The van der Waals surface area contributed by atoms with Crippen molar-refractivity contribution in [3.63, 3.8) is 0 Å². The second kappa shape index (κ2) is 7.71. The molecule has 0 spiro atoms.